The molecule has 1 aliphatic carbocycles. The summed E-state index contributed by atoms with van der Waals surface area (Å²) in [6, 6.07) is 2.45. The molecular formula is C11H20N4. The first-order valence-corrected chi connectivity index (χ1v) is 5.73. The molecule has 4 heteroatoms. The van der Waals surface area contributed by atoms with Gasteiger partial charge in [-0.3, -0.25) is 4.68 Å². The summed E-state index contributed by atoms with van der Waals surface area (Å²) in [6.07, 6.45) is 6.69. The molecular weight excluding hydrogens is 188 g/mol. The van der Waals surface area contributed by atoms with Crippen LogP contribution >= 0.6 is 0 Å². The molecule has 0 unspecified atom stereocenters. The van der Waals surface area contributed by atoms with Gasteiger partial charge in [0.25, 0.3) is 0 Å². The Morgan fingerprint density at radius 3 is 2.80 bits per heavy atom. The van der Waals surface area contributed by atoms with Crippen LogP contribution in [0.25, 0.3) is 0 Å². The van der Waals surface area contributed by atoms with E-state index in [0.717, 1.165) is 18.3 Å². The summed E-state index contributed by atoms with van der Waals surface area (Å²) < 4.78 is 1.87. The minimum absolute atomic E-state index is 0.443. The Kier molecular flexibility index (Phi) is 3.26. The molecule has 0 bridgehead atoms. The number of aromatic nitrogens is 2. The van der Waals surface area contributed by atoms with E-state index < -0.39 is 0 Å². The fraction of sp³-hybridized carbons (Fsp3) is 0.727. The van der Waals surface area contributed by atoms with Crippen LogP contribution in [0.1, 0.15) is 25.7 Å². The van der Waals surface area contributed by atoms with Gasteiger partial charge in [0.2, 0.25) is 0 Å². The second-order valence-electron chi connectivity index (χ2n) is 4.50. The first kappa shape index (κ1) is 10.5. The van der Waals surface area contributed by atoms with E-state index in [2.05, 4.69) is 10.4 Å². The van der Waals surface area contributed by atoms with Crippen LogP contribution in [0.2, 0.25) is 0 Å². The molecule has 1 aromatic rings. The van der Waals surface area contributed by atoms with Crippen LogP contribution in [-0.2, 0) is 7.05 Å². The summed E-state index contributed by atoms with van der Waals surface area (Å²) in [5, 5.41) is 7.56. The molecule has 1 saturated carbocycles. The molecule has 0 spiro atoms. The normalized spacial score (nSPS) is 26.5. The summed E-state index contributed by atoms with van der Waals surface area (Å²) in [5.74, 6) is 1.88. The lowest BCUT2D eigenvalue weighted by Crippen LogP contribution is -2.29. The molecule has 84 valence electrons. The lowest BCUT2D eigenvalue weighted by molar-refractivity contribution is 0.338. The van der Waals surface area contributed by atoms with E-state index in [4.69, 9.17) is 5.73 Å². The summed E-state index contributed by atoms with van der Waals surface area (Å²) in [4.78, 5) is 0. The zero-order valence-corrected chi connectivity index (χ0v) is 9.32. The Hall–Kier alpha value is -1.03. The minimum atomic E-state index is 0.443. The average Bonchev–Trinajstić information content (AvgIpc) is 2.63. The van der Waals surface area contributed by atoms with Crippen molar-refractivity contribution >= 4 is 5.82 Å². The van der Waals surface area contributed by atoms with Gasteiger partial charge in [0.05, 0.1) is 6.20 Å². The third kappa shape index (κ3) is 2.72. The molecule has 1 fully saturated rings. The number of anilines is 1. The number of nitrogens with zero attached hydrogens (tertiary/aromatic N) is 2. The smallest absolute Gasteiger partial charge is 0.123 e. The molecule has 1 heterocycles. The van der Waals surface area contributed by atoms with Gasteiger partial charge in [-0.25, -0.2) is 0 Å². The fourth-order valence-corrected chi connectivity index (χ4v) is 2.19. The fourth-order valence-electron chi connectivity index (χ4n) is 2.19. The molecule has 1 aliphatic rings. The zero-order chi connectivity index (χ0) is 10.7. The maximum Gasteiger partial charge on any atom is 0.123 e. The number of nitrogens with two attached hydrogens (primary N) is 1. The van der Waals surface area contributed by atoms with Crippen LogP contribution in [0.3, 0.4) is 0 Å². The van der Waals surface area contributed by atoms with Gasteiger partial charge in [-0.05, 0) is 31.6 Å². The van der Waals surface area contributed by atoms with E-state index in [-0.39, 0.29) is 0 Å². The number of hydrogen-bond donors (Lipinski definition) is 2. The molecule has 0 amide bonds. The van der Waals surface area contributed by atoms with Crippen LogP contribution in [0, 0.1) is 5.92 Å². The van der Waals surface area contributed by atoms with Crippen molar-refractivity contribution in [2.75, 3.05) is 11.9 Å². The van der Waals surface area contributed by atoms with E-state index in [0.29, 0.717) is 6.04 Å². The van der Waals surface area contributed by atoms with Crippen molar-refractivity contribution in [2.24, 2.45) is 18.7 Å². The van der Waals surface area contributed by atoms with E-state index in [1.165, 1.54) is 25.7 Å². The standard InChI is InChI=1S/C11H20N4/c1-15-11(6-7-14-15)13-8-9-2-4-10(12)5-3-9/h6-7,9-10,13H,2-5,8,12H2,1H3. The van der Waals surface area contributed by atoms with Crippen molar-refractivity contribution < 1.29 is 0 Å². The molecule has 1 aromatic heterocycles. The van der Waals surface area contributed by atoms with Crippen molar-refractivity contribution in [3.05, 3.63) is 12.3 Å². The third-order valence-electron chi connectivity index (χ3n) is 3.28. The number of hydrogen-bond acceptors (Lipinski definition) is 3. The van der Waals surface area contributed by atoms with Crippen LogP contribution in [-0.4, -0.2) is 22.4 Å². The quantitative estimate of drug-likeness (QED) is 0.788. The first-order valence-electron chi connectivity index (χ1n) is 5.73. The van der Waals surface area contributed by atoms with Crippen molar-refractivity contribution in [1.29, 1.82) is 0 Å². The highest BCUT2D eigenvalue weighted by molar-refractivity contribution is 5.33. The van der Waals surface area contributed by atoms with Crippen molar-refractivity contribution in [3.8, 4) is 0 Å². The number of rotatable bonds is 3. The van der Waals surface area contributed by atoms with Gasteiger partial charge in [0.15, 0.2) is 0 Å². The summed E-state index contributed by atoms with van der Waals surface area (Å²) in [7, 11) is 1.96. The monoisotopic (exact) mass is 208 g/mol. The minimum Gasteiger partial charge on any atom is -0.370 e. The molecule has 0 radical (unpaired) electrons. The van der Waals surface area contributed by atoms with Gasteiger partial charge in [-0.2, -0.15) is 5.10 Å². The second-order valence-corrected chi connectivity index (χ2v) is 4.50. The van der Waals surface area contributed by atoms with Gasteiger partial charge in [-0.1, -0.05) is 0 Å². The largest absolute Gasteiger partial charge is 0.370 e. The van der Waals surface area contributed by atoms with Crippen molar-refractivity contribution in [3.63, 3.8) is 0 Å². The van der Waals surface area contributed by atoms with Gasteiger partial charge in [0, 0.05) is 25.7 Å². The molecule has 15 heavy (non-hydrogen) atoms. The maximum atomic E-state index is 5.88. The highest BCUT2D eigenvalue weighted by Gasteiger charge is 2.18. The lowest BCUT2D eigenvalue weighted by atomic mass is 9.86. The van der Waals surface area contributed by atoms with Gasteiger partial charge < -0.3 is 11.1 Å². The summed E-state index contributed by atoms with van der Waals surface area (Å²) in [6.45, 7) is 1.05. The highest BCUT2D eigenvalue weighted by Crippen LogP contribution is 2.23. The van der Waals surface area contributed by atoms with Crippen molar-refractivity contribution in [2.45, 2.75) is 31.7 Å². The van der Waals surface area contributed by atoms with E-state index in [1.54, 1.807) is 0 Å². The third-order valence-corrected chi connectivity index (χ3v) is 3.28. The van der Waals surface area contributed by atoms with E-state index in [9.17, 15) is 0 Å². The topological polar surface area (TPSA) is 55.9 Å². The maximum absolute atomic E-state index is 5.88. The molecule has 2 rings (SSSR count). The van der Waals surface area contributed by atoms with E-state index in [1.807, 2.05) is 24.0 Å². The predicted octanol–water partition coefficient (Wildman–Crippen LogP) is 1.35. The SMILES string of the molecule is Cn1nccc1NCC1CCC(N)CC1. The van der Waals surface area contributed by atoms with Gasteiger partial charge in [-0.15, -0.1) is 0 Å². The van der Waals surface area contributed by atoms with E-state index >= 15 is 0 Å². The molecule has 3 N–H and O–H groups in total. The summed E-state index contributed by atoms with van der Waals surface area (Å²) in [5.41, 5.74) is 5.88. The van der Waals surface area contributed by atoms with Crippen molar-refractivity contribution in [1.82, 2.24) is 9.78 Å². The van der Waals surface area contributed by atoms with Crippen LogP contribution < -0.4 is 11.1 Å². The van der Waals surface area contributed by atoms with Crippen LogP contribution in [0.5, 0.6) is 0 Å². The molecule has 0 saturated heterocycles. The molecule has 0 atom stereocenters. The Bertz CT molecular complexity index is 299. The Balaban J connectivity index is 1.77. The Morgan fingerprint density at radius 2 is 2.20 bits per heavy atom. The average molecular weight is 208 g/mol. The number of nitrogens with one attached hydrogen (secondary N) is 1. The van der Waals surface area contributed by atoms with Crippen LogP contribution in [0.15, 0.2) is 12.3 Å². The first-order chi connectivity index (χ1) is 7.25. The Morgan fingerprint density at radius 1 is 1.47 bits per heavy atom. The zero-order valence-electron chi connectivity index (χ0n) is 9.32. The molecule has 0 aromatic carbocycles. The molecule has 4 nitrogen and oxygen atoms in total. The molecule has 0 aliphatic heterocycles. The van der Waals surface area contributed by atoms with Gasteiger partial charge >= 0.3 is 0 Å². The number of aryl methyl sites for hydroxylation is 1. The van der Waals surface area contributed by atoms with Gasteiger partial charge in [0.1, 0.15) is 5.82 Å². The summed E-state index contributed by atoms with van der Waals surface area (Å²) >= 11 is 0. The lowest BCUT2D eigenvalue weighted by Gasteiger charge is -2.26. The predicted molar refractivity (Wildman–Crippen MR) is 61.6 cm³/mol. The Labute approximate surface area is 90.8 Å². The highest BCUT2D eigenvalue weighted by atomic mass is 15.3. The second kappa shape index (κ2) is 4.66. The van der Waals surface area contributed by atoms with Crippen LogP contribution in [0.4, 0.5) is 5.82 Å².